The van der Waals surface area contributed by atoms with E-state index in [1.54, 1.807) is 13.8 Å². The van der Waals surface area contributed by atoms with Crippen molar-refractivity contribution in [3.05, 3.63) is 0 Å². The van der Waals surface area contributed by atoms with Crippen LogP contribution in [0.25, 0.3) is 0 Å². The Hall–Kier alpha value is -1.15. The van der Waals surface area contributed by atoms with Crippen molar-refractivity contribution in [2.24, 2.45) is 4.99 Å². The van der Waals surface area contributed by atoms with E-state index in [2.05, 4.69) is 39.3 Å². The third-order valence-corrected chi connectivity index (χ3v) is 1.63. The molecule has 0 saturated carbocycles. The molecule has 8 heteroatoms. The van der Waals surface area contributed by atoms with Gasteiger partial charge in [0.05, 0.1) is 13.2 Å². The molecule has 6 nitrogen and oxygen atoms in total. The number of ether oxygens (including phenoxy) is 2. The number of nitrogens with zero attached hydrogens (tertiary/aromatic N) is 2. The minimum absolute atomic E-state index is 0.0773. The van der Waals surface area contributed by atoms with Gasteiger partial charge in [-0.1, -0.05) is 12.2 Å². The molecular weight excluding hydrogens is 252 g/mol. The van der Waals surface area contributed by atoms with Crippen LogP contribution in [-0.4, -0.2) is 41.0 Å². The van der Waals surface area contributed by atoms with Crippen LogP contribution in [0.4, 0.5) is 9.59 Å². The number of thiol groups is 1. The molecule has 0 rings (SSSR count). The SMILES string of the molecule is CCOC(=O)N=CN(C(=O)OCC)C(=S)S. The maximum Gasteiger partial charge on any atom is 0.435 e. The Kier molecular flexibility index (Phi) is 7.48. The van der Waals surface area contributed by atoms with Gasteiger partial charge in [-0.3, -0.25) is 0 Å². The summed E-state index contributed by atoms with van der Waals surface area (Å²) < 4.78 is 9.12. The second kappa shape index (κ2) is 8.05. The number of hydrogen-bond donors (Lipinski definition) is 1. The summed E-state index contributed by atoms with van der Waals surface area (Å²) in [6.45, 7) is 3.65. The molecule has 0 saturated heterocycles. The van der Waals surface area contributed by atoms with E-state index >= 15 is 0 Å². The van der Waals surface area contributed by atoms with Gasteiger partial charge in [0.1, 0.15) is 10.7 Å². The summed E-state index contributed by atoms with van der Waals surface area (Å²) >= 11 is 8.46. The molecule has 0 aromatic heterocycles. The van der Waals surface area contributed by atoms with Crippen LogP contribution >= 0.6 is 24.8 Å². The Morgan fingerprint density at radius 1 is 1.38 bits per heavy atom. The quantitative estimate of drug-likeness (QED) is 0.364. The smallest absolute Gasteiger partial charge is 0.435 e. The summed E-state index contributed by atoms with van der Waals surface area (Å²) in [5.41, 5.74) is 0. The average Bonchev–Trinajstić information content (AvgIpc) is 2.18. The van der Waals surface area contributed by atoms with Gasteiger partial charge >= 0.3 is 12.2 Å². The molecule has 0 aliphatic heterocycles. The van der Waals surface area contributed by atoms with Crippen LogP contribution in [0.5, 0.6) is 0 Å². The number of thiocarbonyl (C=S) groups is 1. The highest BCUT2D eigenvalue weighted by molar-refractivity contribution is 8.11. The van der Waals surface area contributed by atoms with Crippen molar-refractivity contribution >= 4 is 47.7 Å². The lowest BCUT2D eigenvalue weighted by molar-refractivity contribution is 0.142. The predicted octanol–water partition coefficient (Wildman–Crippen LogP) is 1.84. The number of carbonyl (C=O) groups is 2. The minimum Gasteiger partial charge on any atom is -0.449 e. The molecule has 16 heavy (non-hydrogen) atoms. The highest BCUT2D eigenvalue weighted by atomic mass is 32.1. The minimum atomic E-state index is -0.818. The molecule has 0 unspecified atom stereocenters. The molecule has 90 valence electrons. The number of rotatable bonds is 3. The molecule has 0 bridgehead atoms. The number of amides is 2. The lowest BCUT2D eigenvalue weighted by Crippen LogP contribution is -2.32. The van der Waals surface area contributed by atoms with Gasteiger partial charge in [0.25, 0.3) is 0 Å². The molecule has 0 spiro atoms. The van der Waals surface area contributed by atoms with Crippen molar-refractivity contribution in [2.45, 2.75) is 13.8 Å². The topological polar surface area (TPSA) is 68.2 Å². The predicted molar refractivity (Wildman–Crippen MR) is 66.0 cm³/mol. The Morgan fingerprint density at radius 3 is 2.38 bits per heavy atom. The van der Waals surface area contributed by atoms with Gasteiger partial charge < -0.3 is 9.47 Å². The van der Waals surface area contributed by atoms with Crippen LogP contribution in [0.3, 0.4) is 0 Å². The Labute approximate surface area is 104 Å². The summed E-state index contributed by atoms with van der Waals surface area (Å²) in [5.74, 6) is 0. The normalized spacial score (nSPS) is 9.94. The summed E-state index contributed by atoms with van der Waals surface area (Å²) in [5, 5.41) is 0. The first kappa shape index (κ1) is 14.8. The molecule has 2 amide bonds. The first-order chi connectivity index (χ1) is 7.52. The molecular formula is C8H12N2O4S2. The maximum absolute atomic E-state index is 11.3. The van der Waals surface area contributed by atoms with Crippen LogP contribution < -0.4 is 0 Å². The first-order valence-corrected chi connectivity index (χ1v) is 5.28. The second-order valence-corrected chi connectivity index (χ2v) is 3.41. The zero-order valence-corrected chi connectivity index (χ0v) is 10.6. The molecule has 0 aliphatic rings. The van der Waals surface area contributed by atoms with Crippen molar-refractivity contribution in [3.63, 3.8) is 0 Å². The van der Waals surface area contributed by atoms with Gasteiger partial charge in [0.15, 0.2) is 0 Å². The zero-order valence-electron chi connectivity index (χ0n) is 8.87. The summed E-state index contributed by atoms with van der Waals surface area (Å²) in [7, 11) is 0. The van der Waals surface area contributed by atoms with Gasteiger partial charge in [-0.25, -0.2) is 14.5 Å². The van der Waals surface area contributed by atoms with Crippen LogP contribution in [0.2, 0.25) is 0 Å². The highest BCUT2D eigenvalue weighted by Crippen LogP contribution is 1.98. The van der Waals surface area contributed by atoms with Crippen molar-refractivity contribution in [1.29, 1.82) is 0 Å². The Balaban J connectivity index is 4.51. The lowest BCUT2D eigenvalue weighted by atomic mass is 10.8. The average molecular weight is 264 g/mol. The third kappa shape index (κ3) is 5.66. The Morgan fingerprint density at radius 2 is 1.94 bits per heavy atom. The highest BCUT2D eigenvalue weighted by Gasteiger charge is 2.15. The monoisotopic (exact) mass is 264 g/mol. The fourth-order valence-electron chi connectivity index (χ4n) is 0.633. The van der Waals surface area contributed by atoms with Crippen molar-refractivity contribution in [1.82, 2.24) is 4.90 Å². The molecule has 0 aromatic rings. The molecule has 0 atom stereocenters. The van der Waals surface area contributed by atoms with Crippen LogP contribution in [0.15, 0.2) is 4.99 Å². The van der Waals surface area contributed by atoms with Crippen LogP contribution in [0.1, 0.15) is 13.8 Å². The molecule has 0 N–H and O–H groups in total. The number of carbonyl (C=O) groups excluding carboxylic acids is 2. The summed E-state index contributed by atoms with van der Waals surface area (Å²) in [6, 6.07) is 0. The van der Waals surface area contributed by atoms with Gasteiger partial charge in [0, 0.05) is 0 Å². The van der Waals surface area contributed by atoms with E-state index < -0.39 is 12.2 Å². The van der Waals surface area contributed by atoms with Crippen LogP contribution in [0, 0.1) is 0 Å². The molecule has 0 aliphatic carbocycles. The van der Waals surface area contributed by atoms with Crippen molar-refractivity contribution < 1.29 is 19.1 Å². The van der Waals surface area contributed by atoms with Crippen molar-refractivity contribution in [3.8, 4) is 0 Å². The molecule has 0 fully saturated rings. The van der Waals surface area contributed by atoms with E-state index in [-0.39, 0.29) is 17.5 Å². The largest absolute Gasteiger partial charge is 0.449 e. The second-order valence-electron chi connectivity index (χ2n) is 2.29. The van der Waals surface area contributed by atoms with E-state index in [1.807, 2.05) is 0 Å². The van der Waals surface area contributed by atoms with Gasteiger partial charge in [-0.05, 0) is 13.8 Å². The van der Waals surface area contributed by atoms with E-state index in [0.717, 1.165) is 11.2 Å². The van der Waals surface area contributed by atoms with Gasteiger partial charge in [-0.15, -0.1) is 12.6 Å². The fourth-order valence-corrected chi connectivity index (χ4v) is 0.888. The number of hydrogen-bond acceptors (Lipinski definition) is 5. The maximum atomic E-state index is 11.3. The first-order valence-electron chi connectivity index (χ1n) is 4.42. The molecule has 0 aromatic carbocycles. The van der Waals surface area contributed by atoms with E-state index in [1.165, 1.54) is 0 Å². The number of aliphatic imine (C=N–C) groups is 1. The summed E-state index contributed by atoms with van der Waals surface area (Å²) in [6.07, 6.45) is -0.664. The van der Waals surface area contributed by atoms with E-state index in [9.17, 15) is 9.59 Å². The van der Waals surface area contributed by atoms with Gasteiger partial charge in [-0.2, -0.15) is 4.99 Å². The standard InChI is InChI=1S/C8H12N2O4S2/c1-3-13-6(11)9-5-10(8(15)16)7(12)14-4-2/h5H,3-4H2,1-2H3,(H,15,16). The molecule has 0 radical (unpaired) electrons. The van der Waals surface area contributed by atoms with E-state index in [4.69, 9.17) is 0 Å². The fraction of sp³-hybridized carbons (Fsp3) is 0.500. The van der Waals surface area contributed by atoms with Crippen molar-refractivity contribution in [2.75, 3.05) is 13.2 Å². The van der Waals surface area contributed by atoms with Crippen LogP contribution in [-0.2, 0) is 9.47 Å². The van der Waals surface area contributed by atoms with Gasteiger partial charge in [0.2, 0.25) is 0 Å². The third-order valence-electron chi connectivity index (χ3n) is 1.22. The molecule has 0 heterocycles. The zero-order chi connectivity index (χ0) is 12.6. The Bertz CT molecular complexity index is 306. The lowest BCUT2D eigenvalue weighted by Gasteiger charge is -2.13. The van der Waals surface area contributed by atoms with E-state index in [0.29, 0.717) is 0 Å². The summed E-state index contributed by atoms with van der Waals surface area (Å²) in [4.78, 5) is 26.3.